The Morgan fingerprint density at radius 1 is 1.08 bits per heavy atom. The van der Waals surface area contributed by atoms with Crippen molar-refractivity contribution in [3.8, 4) is 5.75 Å². The number of aliphatic hydroxyl groups is 1. The zero-order valence-corrected chi connectivity index (χ0v) is 23.3. The predicted molar refractivity (Wildman–Crippen MR) is 152 cm³/mol. The lowest BCUT2D eigenvalue weighted by atomic mass is 9.82. The van der Waals surface area contributed by atoms with Gasteiger partial charge in [0.1, 0.15) is 5.75 Å². The number of amides is 1. The quantitative estimate of drug-likeness (QED) is 0.208. The summed E-state index contributed by atoms with van der Waals surface area (Å²) < 4.78 is 13.1. The maximum absolute atomic E-state index is 14.0. The van der Waals surface area contributed by atoms with Crippen LogP contribution in [0, 0.1) is 5.92 Å². The van der Waals surface area contributed by atoms with E-state index >= 15 is 0 Å². The third-order valence-electron chi connectivity index (χ3n) is 6.25. The van der Waals surface area contributed by atoms with Gasteiger partial charge in [-0.1, -0.05) is 78.3 Å². The van der Waals surface area contributed by atoms with E-state index in [1.165, 1.54) is 0 Å². The van der Waals surface area contributed by atoms with E-state index < -0.39 is 11.6 Å². The number of rotatable bonds is 12. The van der Waals surface area contributed by atoms with Crippen LogP contribution in [0.5, 0.6) is 5.75 Å². The number of carbonyl (C=O) groups excluding carboxylic acids is 1. The lowest BCUT2D eigenvalue weighted by Crippen LogP contribution is -2.54. The molecule has 1 amide bonds. The topological polar surface area (TPSA) is 92.2 Å². The molecule has 1 aliphatic heterocycles. The van der Waals surface area contributed by atoms with Gasteiger partial charge in [0.15, 0.2) is 11.6 Å². The zero-order chi connectivity index (χ0) is 27.0. The van der Waals surface area contributed by atoms with Gasteiger partial charge in [0.2, 0.25) is 5.90 Å². The molecular formula is C30H34BrN3O4. The first-order valence-corrected chi connectivity index (χ1v) is 13.6. The second-order valence-corrected chi connectivity index (χ2v) is 10.6. The molecule has 1 aliphatic rings. The van der Waals surface area contributed by atoms with E-state index in [1.807, 2.05) is 78.9 Å². The van der Waals surface area contributed by atoms with Crippen molar-refractivity contribution >= 4 is 27.7 Å². The number of aliphatic imine (C=N–C) groups is 1. The van der Waals surface area contributed by atoms with Crippen LogP contribution in [0.2, 0.25) is 0 Å². The minimum Gasteiger partial charge on any atom is -0.494 e. The highest BCUT2D eigenvalue weighted by atomic mass is 79.9. The molecule has 0 aliphatic carbocycles. The van der Waals surface area contributed by atoms with E-state index in [-0.39, 0.29) is 12.5 Å². The Balaban J connectivity index is 1.75. The summed E-state index contributed by atoms with van der Waals surface area (Å²) >= 11 is 3.67. The molecule has 3 N–H and O–H groups in total. The summed E-state index contributed by atoms with van der Waals surface area (Å²) in [6.45, 7) is 5.30. The van der Waals surface area contributed by atoms with E-state index in [1.54, 1.807) is 0 Å². The molecule has 4 rings (SSSR count). The average Bonchev–Trinajstić information content (AvgIpc) is 3.30. The number of hydrogen-bond acceptors (Lipinski definition) is 6. The van der Waals surface area contributed by atoms with Crippen LogP contribution in [0.25, 0.3) is 0 Å². The van der Waals surface area contributed by atoms with Gasteiger partial charge in [-0.25, -0.2) is 10.4 Å². The van der Waals surface area contributed by atoms with Crippen molar-refractivity contribution in [2.24, 2.45) is 10.9 Å². The van der Waals surface area contributed by atoms with Crippen molar-refractivity contribution in [3.63, 3.8) is 0 Å². The molecule has 38 heavy (non-hydrogen) atoms. The number of aliphatic hydroxyl groups excluding tert-OH is 1. The van der Waals surface area contributed by atoms with E-state index in [2.05, 4.69) is 40.6 Å². The standard InChI is InChI=1S/C30H34BrN3O4/c1-21(2)20-32-34-29(36)30(19-22-9-4-3-5-10-22)27(25-11-6-7-12-26(25)31)38-28(33-30)23-13-15-24(16-14-23)37-18-8-17-35/h3-7,9-16,21,27,32,35H,8,17-20H2,1-2H3,(H,34,36)/t27-,30-/m0/s1. The Morgan fingerprint density at radius 2 is 1.79 bits per heavy atom. The van der Waals surface area contributed by atoms with Crippen molar-refractivity contribution < 1.29 is 19.4 Å². The van der Waals surface area contributed by atoms with Crippen LogP contribution in [0.3, 0.4) is 0 Å². The fraction of sp³-hybridized carbons (Fsp3) is 0.333. The Hall–Kier alpha value is -3.20. The number of hydrazine groups is 1. The Morgan fingerprint density at radius 3 is 2.47 bits per heavy atom. The summed E-state index contributed by atoms with van der Waals surface area (Å²) in [5.74, 6) is 1.18. The summed E-state index contributed by atoms with van der Waals surface area (Å²) in [5, 5.41) is 9.00. The molecule has 0 fully saturated rings. The van der Waals surface area contributed by atoms with Gasteiger partial charge in [0, 0.05) is 41.6 Å². The molecule has 200 valence electrons. The van der Waals surface area contributed by atoms with Gasteiger partial charge < -0.3 is 14.6 Å². The van der Waals surface area contributed by atoms with E-state index in [0.29, 0.717) is 43.6 Å². The third-order valence-corrected chi connectivity index (χ3v) is 6.97. The van der Waals surface area contributed by atoms with Gasteiger partial charge in [0.25, 0.3) is 5.91 Å². The highest BCUT2D eigenvalue weighted by molar-refractivity contribution is 9.10. The van der Waals surface area contributed by atoms with Gasteiger partial charge in [-0.3, -0.25) is 10.2 Å². The molecule has 0 saturated heterocycles. The molecule has 3 aromatic rings. The molecule has 2 atom stereocenters. The summed E-state index contributed by atoms with van der Waals surface area (Å²) in [6, 6.07) is 25.1. The number of nitrogens with one attached hydrogen (secondary N) is 2. The first kappa shape index (κ1) is 27.8. The van der Waals surface area contributed by atoms with Crippen molar-refractivity contribution in [1.29, 1.82) is 0 Å². The maximum atomic E-state index is 14.0. The molecule has 8 heteroatoms. The number of carbonyl (C=O) groups is 1. The molecule has 0 saturated carbocycles. The zero-order valence-electron chi connectivity index (χ0n) is 21.7. The summed E-state index contributed by atoms with van der Waals surface area (Å²) in [5.41, 5.74) is 7.29. The van der Waals surface area contributed by atoms with Crippen LogP contribution in [0.4, 0.5) is 0 Å². The van der Waals surface area contributed by atoms with Crippen LogP contribution >= 0.6 is 15.9 Å². The molecule has 7 nitrogen and oxygen atoms in total. The summed E-state index contributed by atoms with van der Waals surface area (Å²) in [7, 11) is 0. The fourth-order valence-corrected chi connectivity index (χ4v) is 4.79. The first-order chi connectivity index (χ1) is 18.4. The Labute approximate surface area is 232 Å². The number of hydrogen-bond donors (Lipinski definition) is 3. The molecule has 0 bridgehead atoms. The van der Waals surface area contributed by atoms with Gasteiger partial charge >= 0.3 is 0 Å². The van der Waals surface area contributed by atoms with Gasteiger partial charge in [-0.15, -0.1) is 0 Å². The minimum absolute atomic E-state index is 0.0801. The lowest BCUT2D eigenvalue weighted by molar-refractivity contribution is -0.130. The number of nitrogens with zero attached hydrogens (tertiary/aromatic N) is 1. The molecule has 0 unspecified atom stereocenters. The van der Waals surface area contributed by atoms with Gasteiger partial charge in [0.05, 0.1) is 6.61 Å². The molecular weight excluding hydrogens is 546 g/mol. The third kappa shape index (κ3) is 6.62. The van der Waals surface area contributed by atoms with Crippen LogP contribution in [-0.4, -0.2) is 42.2 Å². The van der Waals surface area contributed by atoms with Crippen molar-refractivity contribution in [2.75, 3.05) is 19.8 Å². The Bertz CT molecular complexity index is 1230. The van der Waals surface area contributed by atoms with Crippen molar-refractivity contribution in [3.05, 3.63) is 100 Å². The number of halogens is 1. The van der Waals surface area contributed by atoms with Crippen molar-refractivity contribution in [2.45, 2.75) is 38.3 Å². The molecule has 3 aromatic carbocycles. The second-order valence-electron chi connectivity index (χ2n) is 9.70. The van der Waals surface area contributed by atoms with E-state index in [4.69, 9.17) is 19.6 Å². The Kier molecular flexibility index (Phi) is 9.55. The SMILES string of the molecule is CC(C)CNNC(=O)[C@@]1(Cc2ccccc2)N=C(c2ccc(OCCCO)cc2)O[C@H]1c1ccccc1Br. The number of ether oxygens (including phenoxy) is 2. The summed E-state index contributed by atoms with van der Waals surface area (Å²) in [6.07, 6.45) is 0.239. The highest BCUT2D eigenvalue weighted by Crippen LogP contribution is 2.44. The van der Waals surface area contributed by atoms with Gasteiger partial charge in [-0.05, 0) is 41.8 Å². The average molecular weight is 581 g/mol. The number of benzene rings is 3. The minimum atomic E-state index is -1.26. The van der Waals surface area contributed by atoms with E-state index in [0.717, 1.165) is 21.2 Å². The highest BCUT2D eigenvalue weighted by Gasteiger charge is 2.53. The monoisotopic (exact) mass is 579 g/mol. The maximum Gasteiger partial charge on any atom is 0.266 e. The van der Waals surface area contributed by atoms with Crippen LogP contribution in [-0.2, 0) is 16.0 Å². The van der Waals surface area contributed by atoms with Crippen LogP contribution in [0.1, 0.15) is 43.1 Å². The first-order valence-electron chi connectivity index (χ1n) is 12.8. The molecule has 0 aromatic heterocycles. The predicted octanol–water partition coefficient (Wildman–Crippen LogP) is 4.99. The van der Waals surface area contributed by atoms with Crippen molar-refractivity contribution in [1.82, 2.24) is 10.9 Å². The largest absolute Gasteiger partial charge is 0.494 e. The molecule has 0 radical (unpaired) electrons. The van der Waals surface area contributed by atoms with E-state index in [9.17, 15) is 4.79 Å². The lowest BCUT2D eigenvalue weighted by Gasteiger charge is -2.31. The van der Waals surface area contributed by atoms with Crippen LogP contribution in [0.15, 0.2) is 88.3 Å². The molecule has 0 spiro atoms. The molecule has 1 heterocycles. The van der Waals surface area contributed by atoms with Crippen LogP contribution < -0.4 is 15.6 Å². The fourth-order valence-electron chi connectivity index (χ4n) is 4.30. The summed E-state index contributed by atoms with van der Waals surface area (Å²) in [4.78, 5) is 19.0. The second kappa shape index (κ2) is 13.0. The normalized spacial score (nSPS) is 18.7. The smallest absolute Gasteiger partial charge is 0.266 e. The van der Waals surface area contributed by atoms with Gasteiger partial charge in [-0.2, -0.15) is 0 Å².